The minimum Gasteiger partial charge on any atom is -0.105 e. The molecule has 0 heterocycles. The van der Waals surface area contributed by atoms with Crippen molar-refractivity contribution in [3.8, 4) is 0 Å². The molecule has 0 aliphatic carbocycles. The van der Waals surface area contributed by atoms with Gasteiger partial charge in [-0.3, -0.25) is 0 Å². The Labute approximate surface area is 49.2 Å². The molecule has 0 aliphatic heterocycles. The molecule has 0 fully saturated rings. The summed E-state index contributed by atoms with van der Waals surface area (Å²) in [4.78, 5) is -0.157. The van der Waals surface area contributed by atoms with Crippen molar-refractivity contribution in [3.63, 3.8) is 0 Å². The maximum atomic E-state index is 5.34. The predicted molar refractivity (Wildman–Crippen MR) is 33.5 cm³/mol. The van der Waals surface area contributed by atoms with Gasteiger partial charge in [0.1, 0.15) is 12.7 Å². The molecule has 6 heavy (non-hydrogen) atoms. The predicted octanol–water partition coefficient (Wildman–Crippen LogP) is 1.23. The zero-order chi connectivity index (χ0) is 4.99. The second kappa shape index (κ2) is 3.82. The summed E-state index contributed by atoms with van der Waals surface area (Å²) >= 11 is 10.7. The standard InChI is InChI=1S/C3H7BCl2/c4-2-1-3(5)6/h3H,1-2,4H2. The third-order valence-electron chi connectivity index (χ3n) is 0.507. The van der Waals surface area contributed by atoms with Gasteiger partial charge in [-0.1, -0.05) is 6.32 Å². The third kappa shape index (κ3) is 4.64. The van der Waals surface area contributed by atoms with E-state index in [-0.39, 0.29) is 4.84 Å². The van der Waals surface area contributed by atoms with Crippen LogP contribution in [0.1, 0.15) is 6.42 Å². The molecule has 0 N–H and O–H groups in total. The first kappa shape index (κ1) is 6.64. The molecule has 0 aromatic rings. The van der Waals surface area contributed by atoms with Crippen LogP contribution < -0.4 is 0 Å². The molecule has 3 heteroatoms. The molecule has 0 bridgehead atoms. The van der Waals surface area contributed by atoms with Gasteiger partial charge in [-0.2, -0.15) is 0 Å². The summed E-state index contributed by atoms with van der Waals surface area (Å²) in [5, 5.41) is 0. The molecule has 0 rings (SSSR count). The van der Waals surface area contributed by atoms with Crippen molar-refractivity contribution in [1.29, 1.82) is 0 Å². The Bertz CT molecular complexity index is 30.0. The third-order valence-corrected chi connectivity index (χ3v) is 0.943. The molecule has 0 aromatic heterocycles. The van der Waals surface area contributed by atoms with E-state index < -0.39 is 0 Å². The molecule has 0 saturated carbocycles. The average molecular weight is 125 g/mol. The van der Waals surface area contributed by atoms with Crippen LogP contribution in [-0.4, -0.2) is 12.7 Å². The van der Waals surface area contributed by atoms with Gasteiger partial charge >= 0.3 is 0 Å². The Morgan fingerprint density at radius 3 is 2.00 bits per heavy atom. The van der Waals surface area contributed by atoms with Crippen molar-refractivity contribution in [2.45, 2.75) is 17.6 Å². The fourth-order valence-corrected chi connectivity index (χ4v) is 0.655. The van der Waals surface area contributed by atoms with Crippen molar-refractivity contribution < 1.29 is 0 Å². The van der Waals surface area contributed by atoms with Crippen LogP contribution in [-0.2, 0) is 0 Å². The van der Waals surface area contributed by atoms with E-state index in [1.54, 1.807) is 0 Å². The Balaban J connectivity index is 2.63. The highest BCUT2D eigenvalue weighted by Crippen LogP contribution is 2.07. The zero-order valence-corrected chi connectivity index (χ0v) is 5.26. The zero-order valence-electron chi connectivity index (χ0n) is 3.75. The maximum Gasteiger partial charge on any atom is 0.107 e. The van der Waals surface area contributed by atoms with Crippen LogP contribution in [0.5, 0.6) is 0 Å². The fraction of sp³-hybridized carbons (Fsp3) is 1.00. The van der Waals surface area contributed by atoms with Crippen LogP contribution >= 0.6 is 23.2 Å². The summed E-state index contributed by atoms with van der Waals surface area (Å²) in [7, 11) is 2.05. The number of rotatable bonds is 2. The lowest BCUT2D eigenvalue weighted by Gasteiger charge is -1.90. The molecule has 0 aromatic carbocycles. The van der Waals surface area contributed by atoms with Crippen LogP contribution in [0.4, 0.5) is 0 Å². The van der Waals surface area contributed by atoms with Gasteiger partial charge in [0, 0.05) is 0 Å². The first-order valence-corrected chi connectivity index (χ1v) is 2.92. The Morgan fingerprint density at radius 1 is 1.50 bits per heavy atom. The van der Waals surface area contributed by atoms with Gasteiger partial charge in [0.25, 0.3) is 0 Å². The van der Waals surface area contributed by atoms with E-state index in [0.29, 0.717) is 0 Å². The molecular formula is C3H7BCl2. The van der Waals surface area contributed by atoms with Crippen molar-refractivity contribution in [1.82, 2.24) is 0 Å². The van der Waals surface area contributed by atoms with Crippen LogP contribution in [0.15, 0.2) is 0 Å². The first-order chi connectivity index (χ1) is 2.77. The second-order valence-electron chi connectivity index (χ2n) is 1.18. The van der Waals surface area contributed by atoms with E-state index in [1.165, 1.54) is 0 Å². The summed E-state index contributed by atoms with van der Waals surface area (Å²) in [5.41, 5.74) is 0. The van der Waals surface area contributed by atoms with E-state index in [4.69, 9.17) is 23.2 Å². The van der Waals surface area contributed by atoms with Gasteiger partial charge in [-0.15, -0.1) is 23.2 Å². The number of hydrogen-bond donors (Lipinski definition) is 0. The quantitative estimate of drug-likeness (QED) is 0.384. The maximum absolute atomic E-state index is 5.34. The molecule has 0 radical (unpaired) electrons. The van der Waals surface area contributed by atoms with E-state index in [1.807, 2.05) is 0 Å². The highest BCUT2D eigenvalue weighted by atomic mass is 35.5. The monoisotopic (exact) mass is 124 g/mol. The summed E-state index contributed by atoms with van der Waals surface area (Å²) in [6, 6.07) is 0. The number of halogens is 2. The van der Waals surface area contributed by atoms with Gasteiger partial charge < -0.3 is 0 Å². The van der Waals surface area contributed by atoms with Crippen LogP contribution in [0.2, 0.25) is 6.32 Å². The highest BCUT2D eigenvalue weighted by Gasteiger charge is 1.91. The lowest BCUT2D eigenvalue weighted by Crippen LogP contribution is -1.82. The van der Waals surface area contributed by atoms with Gasteiger partial charge in [0.05, 0.1) is 0 Å². The van der Waals surface area contributed by atoms with Crippen LogP contribution in [0, 0.1) is 0 Å². The van der Waals surface area contributed by atoms with Crippen molar-refractivity contribution in [2.24, 2.45) is 0 Å². The van der Waals surface area contributed by atoms with E-state index in [2.05, 4.69) is 7.85 Å². The van der Waals surface area contributed by atoms with Gasteiger partial charge in [-0.05, 0) is 6.42 Å². The minimum absolute atomic E-state index is 0.157. The largest absolute Gasteiger partial charge is 0.107 e. The number of hydrogen-bond acceptors (Lipinski definition) is 0. The van der Waals surface area contributed by atoms with E-state index in [0.717, 1.165) is 12.7 Å². The SMILES string of the molecule is BCCC(Cl)Cl. The summed E-state index contributed by atoms with van der Waals surface area (Å²) in [6.45, 7) is 0. The second-order valence-corrected chi connectivity index (χ2v) is 2.46. The highest BCUT2D eigenvalue weighted by molar-refractivity contribution is 6.44. The lowest BCUT2D eigenvalue weighted by atomic mass is 10.0. The molecule has 36 valence electrons. The molecular weight excluding hydrogens is 118 g/mol. The van der Waals surface area contributed by atoms with Crippen LogP contribution in [0.3, 0.4) is 0 Å². The van der Waals surface area contributed by atoms with Crippen LogP contribution in [0.25, 0.3) is 0 Å². The molecule has 0 unspecified atom stereocenters. The van der Waals surface area contributed by atoms with Crippen molar-refractivity contribution in [2.75, 3.05) is 0 Å². The minimum atomic E-state index is -0.157. The molecule has 0 nitrogen and oxygen atoms in total. The smallest absolute Gasteiger partial charge is 0.105 e. The van der Waals surface area contributed by atoms with Gasteiger partial charge in [0.15, 0.2) is 0 Å². The molecule has 0 saturated heterocycles. The van der Waals surface area contributed by atoms with Gasteiger partial charge in [0.2, 0.25) is 0 Å². The fourth-order valence-electron chi connectivity index (χ4n) is 0.218. The molecule has 0 atom stereocenters. The topological polar surface area (TPSA) is 0 Å². The Kier molecular flexibility index (Phi) is 4.23. The Morgan fingerprint density at radius 2 is 2.00 bits per heavy atom. The summed E-state index contributed by atoms with van der Waals surface area (Å²) in [6.07, 6.45) is 1.97. The molecule has 0 spiro atoms. The summed E-state index contributed by atoms with van der Waals surface area (Å²) in [5.74, 6) is 0. The molecule has 0 amide bonds. The lowest BCUT2D eigenvalue weighted by molar-refractivity contribution is 1.03. The molecule has 0 aliphatic rings. The Hall–Kier alpha value is 0.645. The van der Waals surface area contributed by atoms with E-state index >= 15 is 0 Å². The van der Waals surface area contributed by atoms with Crippen molar-refractivity contribution >= 4 is 31.0 Å². The number of alkyl halides is 2. The summed E-state index contributed by atoms with van der Waals surface area (Å²) < 4.78 is 0. The first-order valence-electron chi connectivity index (χ1n) is 2.05. The average Bonchev–Trinajstić information content (AvgIpc) is 1.35. The van der Waals surface area contributed by atoms with Crippen molar-refractivity contribution in [3.05, 3.63) is 0 Å². The van der Waals surface area contributed by atoms with E-state index in [9.17, 15) is 0 Å². The normalized spacial score (nSPS) is 9.83. The van der Waals surface area contributed by atoms with Gasteiger partial charge in [-0.25, -0.2) is 0 Å².